The van der Waals surface area contributed by atoms with Crippen molar-refractivity contribution in [2.45, 2.75) is 40.2 Å². The highest BCUT2D eigenvalue weighted by molar-refractivity contribution is 9.10. The topological polar surface area (TPSA) is 20.3 Å². The highest BCUT2D eigenvalue weighted by atomic mass is 79.9. The first kappa shape index (κ1) is 14.6. The third kappa shape index (κ3) is 3.02. The van der Waals surface area contributed by atoms with Gasteiger partial charge in [0, 0.05) is 17.1 Å². The van der Waals surface area contributed by atoms with Crippen molar-refractivity contribution in [2.75, 3.05) is 6.54 Å². The summed E-state index contributed by atoms with van der Waals surface area (Å²) in [5.41, 5.74) is 1.91. The average Bonchev–Trinajstić information content (AvgIpc) is 2.36. The second kappa shape index (κ2) is 5.66. The minimum atomic E-state index is 0.154. The molecular formula is C16H22BrNO. The second-order valence-electron chi connectivity index (χ2n) is 6.00. The van der Waals surface area contributed by atoms with Gasteiger partial charge in [-0.15, -0.1) is 0 Å². The standard InChI is InChI=1S/C16H22BrNO/c1-10-5-6-15(17)14(8-10)16(19)18-9-11(2)7-12(3)13(18)4/h5-6,8,11-13H,7,9H2,1-4H3. The average molecular weight is 324 g/mol. The lowest BCUT2D eigenvalue weighted by molar-refractivity contribution is 0.0454. The zero-order valence-electron chi connectivity index (χ0n) is 12.1. The zero-order chi connectivity index (χ0) is 14.2. The quantitative estimate of drug-likeness (QED) is 0.756. The van der Waals surface area contributed by atoms with Crippen LogP contribution in [0.4, 0.5) is 0 Å². The first-order valence-electron chi connectivity index (χ1n) is 6.97. The van der Waals surface area contributed by atoms with Gasteiger partial charge in [-0.05, 0) is 60.2 Å². The Kier molecular flexibility index (Phi) is 4.34. The first-order valence-corrected chi connectivity index (χ1v) is 7.76. The van der Waals surface area contributed by atoms with Crippen LogP contribution in [-0.4, -0.2) is 23.4 Å². The number of carbonyl (C=O) groups is 1. The summed E-state index contributed by atoms with van der Waals surface area (Å²) in [6.07, 6.45) is 1.21. The molecule has 3 heteroatoms. The lowest BCUT2D eigenvalue weighted by Gasteiger charge is -2.41. The van der Waals surface area contributed by atoms with Gasteiger partial charge in [0.05, 0.1) is 5.56 Å². The molecule has 19 heavy (non-hydrogen) atoms. The fraction of sp³-hybridized carbons (Fsp3) is 0.562. The predicted octanol–water partition coefficient (Wildman–Crippen LogP) is 4.26. The lowest BCUT2D eigenvalue weighted by atomic mass is 9.85. The molecule has 0 saturated carbocycles. The molecular weight excluding hydrogens is 302 g/mol. The van der Waals surface area contributed by atoms with Crippen LogP contribution < -0.4 is 0 Å². The number of halogens is 1. The van der Waals surface area contributed by atoms with E-state index in [4.69, 9.17) is 0 Å². The van der Waals surface area contributed by atoms with E-state index in [1.54, 1.807) is 0 Å². The molecule has 1 aromatic rings. The van der Waals surface area contributed by atoms with Crippen LogP contribution in [0.1, 0.15) is 43.1 Å². The molecule has 2 nitrogen and oxygen atoms in total. The first-order chi connectivity index (χ1) is 8.90. The smallest absolute Gasteiger partial charge is 0.255 e. The van der Waals surface area contributed by atoms with E-state index in [-0.39, 0.29) is 5.91 Å². The van der Waals surface area contributed by atoms with Crippen molar-refractivity contribution in [2.24, 2.45) is 11.8 Å². The minimum absolute atomic E-state index is 0.154. The summed E-state index contributed by atoms with van der Waals surface area (Å²) in [6.45, 7) is 9.52. The normalized spacial score (nSPS) is 27.4. The Morgan fingerprint density at radius 2 is 2.00 bits per heavy atom. The van der Waals surface area contributed by atoms with Gasteiger partial charge >= 0.3 is 0 Å². The number of nitrogens with zero attached hydrogens (tertiary/aromatic N) is 1. The lowest BCUT2D eigenvalue weighted by Crippen LogP contribution is -2.48. The highest BCUT2D eigenvalue weighted by Crippen LogP contribution is 2.29. The largest absolute Gasteiger partial charge is 0.335 e. The monoisotopic (exact) mass is 323 g/mol. The number of carbonyl (C=O) groups excluding carboxylic acids is 1. The Morgan fingerprint density at radius 3 is 2.68 bits per heavy atom. The molecule has 0 N–H and O–H groups in total. The van der Waals surface area contributed by atoms with Crippen molar-refractivity contribution in [3.8, 4) is 0 Å². The molecule has 3 atom stereocenters. The van der Waals surface area contributed by atoms with Crippen molar-refractivity contribution < 1.29 is 4.79 Å². The van der Waals surface area contributed by atoms with Crippen LogP contribution in [0.2, 0.25) is 0 Å². The molecule has 3 unspecified atom stereocenters. The number of aryl methyl sites for hydroxylation is 1. The molecule has 1 fully saturated rings. The van der Waals surface area contributed by atoms with Crippen molar-refractivity contribution in [1.29, 1.82) is 0 Å². The van der Waals surface area contributed by atoms with E-state index in [1.165, 1.54) is 6.42 Å². The van der Waals surface area contributed by atoms with Gasteiger partial charge in [0.15, 0.2) is 0 Å². The van der Waals surface area contributed by atoms with Crippen molar-refractivity contribution in [3.63, 3.8) is 0 Å². The van der Waals surface area contributed by atoms with Crippen LogP contribution in [0, 0.1) is 18.8 Å². The minimum Gasteiger partial charge on any atom is -0.335 e. The van der Waals surface area contributed by atoms with Gasteiger partial charge in [-0.1, -0.05) is 25.5 Å². The van der Waals surface area contributed by atoms with Crippen LogP contribution in [0.25, 0.3) is 0 Å². The Labute approximate surface area is 124 Å². The van der Waals surface area contributed by atoms with E-state index in [9.17, 15) is 4.79 Å². The summed E-state index contributed by atoms with van der Waals surface area (Å²) in [5.74, 6) is 1.30. The van der Waals surface area contributed by atoms with Crippen molar-refractivity contribution >= 4 is 21.8 Å². The highest BCUT2D eigenvalue weighted by Gasteiger charge is 2.32. The Balaban J connectivity index is 2.30. The zero-order valence-corrected chi connectivity index (χ0v) is 13.7. The van der Waals surface area contributed by atoms with Gasteiger partial charge in [0.2, 0.25) is 0 Å². The molecule has 1 aromatic carbocycles. The summed E-state index contributed by atoms with van der Waals surface area (Å²) >= 11 is 3.50. The number of rotatable bonds is 1. The fourth-order valence-electron chi connectivity index (χ4n) is 2.94. The van der Waals surface area contributed by atoms with Crippen molar-refractivity contribution in [3.05, 3.63) is 33.8 Å². The van der Waals surface area contributed by atoms with Gasteiger partial charge in [0.1, 0.15) is 0 Å². The molecule has 1 aliphatic heterocycles. The van der Waals surface area contributed by atoms with E-state index < -0.39 is 0 Å². The maximum Gasteiger partial charge on any atom is 0.255 e. The number of likely N-dealkylation sites (tertiary alicyclic amines) is 1. The Morgan fingerprint density at radius 1 is 1.32 bits per heavy atom. The van der Waals surface area contributed by atoms with Crippen molar-refractivity contribution in [1.82, 2.24) is 4.90 Å². The molecule has 1 aliphatic rings. The number of benzene rings is 1. The molecule has 0 aliphatic carbocycles. The second-order valence-corrected chi connectivity index (χ2v) is 6.85. The van der Waals surface area contributed by atoms with Gasteiger partial charge in [-0.3, -0.25) is 4.79 Å². The van der Waals surface area contributed by atoms with Gasteiger partial charge < -0.3 is 4.90 Å². The van der Waals surface area contributed by atoms with Crippen LogP contribution in [0.3, 0.4) is 0 Å². The fourth-order valence-corrected chi connectivity index (χ4v) is 3.36. The molecule has 0 bridgehead atoms. The van der Waals surface area contributed by atoms with Gasteiger partial charge in [-0.25, -0.2) is 0 Å². The molecule has 1 saturated heterocycles. The molecule has 1 heterocycles. The summed E-state index contributed by atoms with van der Waals surface area (Å²) in [6, 6.07) is 6.27. The van der Waals surface area contributed by atoms with Crippen LogP contribution >= 0.6 is 15.9 Å². The summed E-state index contributed by atoms with van der Waals surface area (Å²) in [5, 5.41) is 0. The summed E-state index contributed by atoms with van der Waals surface area (Å²) < 4.78 is 0.890. The third-order valence-corrected chi connectivity index (χ3v) is 4.90. The predicted molar refractivity (Wildman–Crippen MR) is 82.3 cm³/mol. The maximum absolute atomic E-state index is 12.8. The van der Waals surface area contributed by atoms with E-state index >= 15 is 0 Å². The number of hydrogen-bond acceptors (Lipinski definition) is 1. The summed E-state index contributed by atoms with van der Waals surface area (Å²) in [7, 11) is 0. The van der Waals surface area contributed by atoms with Gasteiger partial charge in [-0.2, -0.15) is 0 Å². The van der Waals surface area contributed by atoms with Crippen LogP contribution in [0.15, 0.2) is 22.7 Å². The Bertz CT molecular complexity index is 486. The van der Waals surface area contributed by atoms with Crippen LogP contribution in [0.5, 0.6) is 0 Å². The van der Waals surface area contributed by atoms with Crippen LogP contribution in [-0.2, 0) is 0 Å². The number of hydrogen-bond donors (Lipinski definition) is 0. The Hall–Kier alpha value is -0.830. The maximum atomic E-state index is 12.8. The molecule has 0 radical (unpaired) electrons. The molecule has 2 rings (SSSR count). The third-order valence-electron chi connectivity index (χ3n) is 4.21. The SMILES string of the molecule is Cc1ccc(Br)c(C(=O)N2CC(C)CC(C)C2C)c1. The molecule has 1 amide bonds. The number of piperidine rings is 1. The van der Waals surface area contributed by atoms with E-state index in [2.05, 4.69) is 36.7 Å². The summed E-state index contributed by atoms with van der Waals surface area (Å²) in [4.78, 5) is 14.8. The molecule has 0 aromatic heterocycles. The number of amides is 1. The van der Waals surface area contributed by atoms with E-state index in [0.29, 0.717) is 17.9 Å². The molecule has 104 valence electrons. The van der Waals surface area contributed by atoms with E-state index in [1.807, 2.05) is 30.0 Å². The molecule has 0 spiro atoms. The van der Waals surface area contributed by atoms with E-state index in [0.717, 1.165) is 22.1 Å². The van der Waals surface area contributed by atoms with Gasteiger partial charge in [0.25, 0.3) is 5.91 Å².